The first-order valence-electron chi connectivity index (χ1n) is 36.6. The fourth-order valence-corrected chi connectivity index (χ4v) is 12.3. The molecule has 8 heterocycles. The summed E-state index contributed by atoms with van der Waals surface area (Å²) in [7, 11) is -3.21. The van der Waals surface area contributed by atoms with Gasteiger partial charge in [-0.1, -0.05) is 12.1 Å². The number of hydrogen-bond acceptors (Lipinski definition) is 32. The number of hydrogen-bond donors (Lipinski definition) is 17. The minimum Gasteiger partial charge on any atom is -0.490 e. The Kier molecular flexibility index (Phi) is 24.4. The van der Waals surface area contributed by atoms with Gasteiger partial charge in [0.1, 0.15) is 94.9 Å². The Hall–Kier alpha value is -13.4. The van der Waals surface area contributed by atoms with E-state index in [4.69, 9.17) is 42.7 Å². The molecule has 5 aromatic carbocycles. The number of nitrogens with two attached hydrogens (primary N) is 3. The molecule has 4 aromatic heterocycles. The quantitative estimate of drug-likeness (QED) is 0.0227. The highest BCUT2D eigenvalue weighted by molar-refractivity contribution is 7.91. The molecule has 0 saturated heterocycles. The molecule has 3 saturated carbocycles. The molecule has 36 nitrogen and oxygen atoms in total. The van der Waals surface area contributed by atoms with Gasteiger partial charge in [-0.2, -0.15) is 19.9 Å². The third kappa shape index (κ3) is 21.4. The molecule has 38 heteroatoms. The lowest BCUT2D eigenvalue weighted by Crippen LogP contribution is -2.32. The number of ketones is 1. The van der Waals surface area contributed by atoms with Crippen LogP contribution in [-0.2, 0) is 16.4 Å². The van der Waals surface area contributed by atoms with Crippen molar-refractivity contribution in [3.63, 3.8) is 0 Å². The lowest BCUT2D eigenvalue weighted by molar-refractivity contribution is 0.0991. The Balaban J connectivity index is 0.000000133. The zero-order chi connectivity index (χ0) is 80.2. The van der Waals surface area contributed by atoms with E-state index in [0.717, 1.165) is 72.5 Å². The molecule has 3 fully saturated rings. The number of rotatable bonds is 22. The monoisotopic (exact) mass is 1580 g/mol. The van der Waals surface area contributed by atoms with Gasteiger partial charge in [0.25, 0.3) is 23.8 Å². The number of aliphatic hydroxyl groups excluding tert-OH is 2. The molecule has 9 aromatic rings. The molecule has 3 amide bonds. The summed E-state index contributed by atoms with van der Waals surface area (Å²) in [5.74, 6) is 3.45. The number of aryl methyl sites for hydroxylation is 1. The van der Waals surface area contributed by atoms with Gasteiger partial charge < -0.3 is 115 Å². The number of benzene rings is 5. The highest BCUT2D eigenvalue weighted by Gasteiger charge is 2.30. The van der Waals surface area contributed by atoms with Gasteiger partial charge in [0.2, 0.25) is 23.8 Å². The van der Waals surface area contributed by atoms with Gasteiger partial charge in [-0.25, -0.2) is 39.3 Å². The van der Waals surface area contributed by atoms with E-state index in [9.17, 15) is 42.2 Å². The molecule has 4 aliphatic heterocycles. The zero-order valence-electron chi connectivity index (χ0n) is 62.1. The van der Waals surface area contributed by atoms with E-state index in [2.05, 4.69) is 109 Å². The average molecular weight is 1580 g/mol. The van der Waals surface area contributed by atoms with Crippen molar-refractivity contribution in [1.82, 2.24) is 39.9 Å². The number of carbonyl (C=O) groups excluding carboxylic acids is 4. The van der Waals surface area contributed by atoms with Crippen molar-refractivity contribution >= 4 is 126 Å². The van der Waals surface area contributed by atoms with Crippen molar-refractivity contribution in [3.05, 3.63) is 166 Å². The molecule has 4 unspecified atom stereocenters. The van der Waals surface area contributed by atoms with Crippen molar-refractivity contribution in [2.24, 2.45) is 17.2 Å². The number of fused-ring (bicyclic) bond motifs is 4. The lowest BCUT2D eigenvalue weighted by Gasteiger charge is -2.14. The molecule has 4 atom stereocenters. The third-order valence-corrected chi connectivity index (χ3v) is 19.8. The molecule has 0 spiro atoms. The second kappa shape index (κ2) is 35.3. The summed E-state index contributed by atoms with van der Waals surface area (Å²) in [5.41, 5.74) is 24.8. The predicted molar refractivity (Wildman–Crippen MR) is 428 cm³/mol. The first-order valence-corrected chi connectivity index (χ1v) is 38.5. The van der Waals surface area contributed by atoms with Crippen LogP contribution in [0.5, 0.6) is 23.0 Å². The first kappa shape index (κ1) is 78.7. The number of nitrogens with zero attached hydrogens (tertiary/aromatic N) is 9. The number of ether oxygens (including phenoxy) is 4. The number of carbonyl (C=O) groups is 4. The SMILES string of the molecule is CC(=O)c1cnc(Nc2ccc3c(c2)NCC(O)CO3)nc1NCc1ccc(F)cc1.CS(=O)(=O)C1CNc2cc(Nc3ncc(C(N)=O)c(NC4CC4)n3)ccc2OC1.Cc1nc(Nc2ccc3c(c2)NCC(O)CO3)nc(NC2CC2)c1C(N)=O.[C-]#[N+]C1CNc2cc(Nc3ncc(C(N)=O)c(NC4CC4)n3)ccc2OC1. The average Bonchev–Trinajstić information content (AvgIpc) is 1.75. The van der Waals surface area contributed by atoms with Crippen LogP contribution < -0.4 is 99.9 Å². The summed E-state index contributed by atoms with van der Waals surface area (Å²) in [6.45, 7) is 13.2. The van der Waals surface area contributed by atoms with Gasteiger partial charge in [0.05, 0.1) is 51.7 Å². The molecule has 0 radical (unpaired) electrons. The summed E-state index contributed by atoms with van der Waals surface area (Å²) in [6.07, 6.45) is 10.6. The number of halogens is 1. The molecule has 20 N–H and O–H groups in total. The fourth-order valence-electron chi connectivity index (χ4n) is 11.6. The Morgan fingerprint density at radius 1 is 0.518 bits per heavy atom. The van der Waals surface area contributed by atoms with Crippen molar-refractivity contribution in [2.75, 3.05) is 123 Å². The maximum atomic E-state index is 13.1. The van der Waals surface area contributed by atoms with Gasteiger partial charge in [-0.15, -0.1) is 0 Å². The number of anilines is 16. The van der Waals surface area contributed by atoms with Gasteiger partial charge in [-0.3, -0.25) is 19.2 Å². The third-order valence-electron chi connectivity index (χ3n) is 18.3. The van der Waals surface area contributed by atoms with Crippen LogP contribution in [0.15, 0.2) is 116 Å². The molecule has 3 aliphatic carbocycles. The van der Waals surface area contributed by atoms with Gasteiger partial charge in [0, 0.05) is 91.9 Å². The summed E-state index contributed by atoms with van der Waals surface area (Å²) in [5, 5.41) is 56.7. The van der Waals surface area contributed by atoms with Crippen LogP contribution in [0.4, 0.5) is 97.0 Å². The van der Waals surface area contributed by atoms with Crippen LogP contribution in [0.25, 0.3) is 4.85 Å². The zero-order valence-corrected chi connectivity index (χ0v) is 63.0. The van der Waals surface area contributed by atoms with E-state index in [1.54, 1.807) is 43.3 Å². The fraction of sp³-hybridized carbons (Fsp3) is 0.329. The van der Waals surface area contributed by atoms with Crippen molar-refractivity contribution < 1.29 is 61.1 Å². The van der Waals surface area contributed by atoms with Crippen molar-refractivity contribution in [1.29, 1.82) is 0 Å². The first-order chi connectivity index (χ1) is 54.9. The van der Waals surface area contributed by atoms with E-state index in [0.29, 0.717) is 155 Å². The number of aliphatic hydroxyl groups is 2. The summed E-state index contributed by atoms with van der Waals surface area (Å²) < 4.78 is 59.2. The Labute approximate surface area is 653 Å². The smallest absolute Gasteiger partial charge is 0.273 e. The number of sulfone groups is 1. The Morgan fingerprint density at radius 3 is 1.33 bits per heavy atom. The van der Waals surface area contributed by atoms with E-state index in [-0.39, 0.29) is 55.1 Å². The molecule has 0 bridgehead atoms. The molecular weight excluding hydrogens is 1490 g/mol. The van der Waals surface area contributed by atoms with E-state index >= 15 is 0 Å². The van der Waals surface area contributed by atoms with E-state index in [1.807, 2.05) is 48.5 Å². The number of Topliss-reactive ketones (excluding diaryl/α,β-unsaturated/α-hetero) is 1. The van der Waals surface area contributed by atoms with Crippen LogP contribution in [0.1, 0.15) is 98.1 Å². The van der Waals surface area contributed by atoms with E-state index in [1.165, 1.54) is 43.9 Å². The van der Waals surface area contributed by atoms with Crippen molar-refractivity contribution in [2.45, 2.75) is 101 Å². The Bertz CT molecular complexity index is 5230. The minimum atomic E-state index is -3.21. The van der Waals surface area contributed by atoms with E-state index < -0.39 is 45.0 Å². The van der Waals surface area contributed by atoms with Crippen molar-refractivity contribution in [3.8, 4) is 23.0 Å². The number of aromatic nitrogens is 8. The second-order valence-electron chi connectivity index (χ2n) is 27.8. The lowest BCUT2D eigenvalue weighted by atomic mass is 10.2. The number of nitrogens with one attached hydrogen (secondary N) is 12. The van der Waals surface area contributed by atoms with Crippen LogP contribution in [0.2, 0.25) is 0 Å². The predicted octanol–water partition coefficient (Wildman–Crippen LogP) is 7.80. The Morgan fingerprint density at radius 2 is 0.912 bits per heavy atom. The topological polar surface area (TPSA) is 510 Å². The number of amides is 3. The molecule has 594 valence electrons. The highest BCUT2D eigenvalue weighted by atomic mass is 32.2. The second-order valence-corrected chi connectivity index (χ2v) is 30.1. The largest absolute Gasteiger partial charge is 0.490 e. The van der Waals surface area contributed by atoms with Crippen LogP contribution in [-0.4, -0.2) is 182 Å². The maximum Gasteiger partial charge on any atom is 0.273 e. The van der Waals surface area contributed by atoms with Crippen LogP contribution >= 0.6 is 0 Å². The highest BCUT2D eigenvalue weighted by Crippen LogP contribution is 2.38. The standard InChI is InChI=1S/C22H22FN5O3.C18H19N7O2.C18H22N6O4S.C18H22N6O3/c1-13(29)18-11-26-22(28-21(18)25-9-14-2-4-15(23)5-3-14)27-16-6-7-20-19(8-16)24-10-17(30)12-31-20;1-20-12-7-21-14-6-11(4-5-15(14)27-9-12)24-18-22-8-13(16(19)26)17(25-18)23-10-2-3-10;1-29(26,27)12-7-20-14-6-11(4-5-15(14)28-9-12)23-18-21-8-13(16(19)25)17(24-18)22-10-2-3-10;1-9-15(16(19)26)17(22-10-2-3-10)24-18(21-9)23-11-4-5-14-13(6-11)20-7-12(25)8-27-14/h2-8,11,17,24,30H,9-10,12H2,1H3,(H2,25,26,27,28);4-6,8,10,12,21H,2-3,7,9H2,(H2,19,26)(H2,22,23,24,25);4-6,8,10,12,20H,2-3,7,9H2,1H3,(H2,19,25)(H2,21,22,23,24);4-6,10,12,20,25H,2-3,7-8H2,1H3,(H2,19,26)(H2,21,22,23,24). The summed E-state index contributed by atoms with van der Waals surface area (Å²) in [6, 6.07) is 28.7. The molecule has 16 rings (SSSR count). The number of primary amides is 3. The normalized spacial score (nSPS) is 17.5. The maximum absolute atomic E-state index is 13.1. The number of β-amino-alcohol motifs (C(OH)–C–C–N with tert-alkyl or cyclic N) is 2. The van der Waals surface area contributed by atoms with Crippen LogP contribution in [0, 0.1) is 19.3 Å². The van der Waals surface area contributed by atoms with Gasteiger partial charge in [0.15, 0.2) is 22.2 Å². The molecule has 7 aliphatic rings. The molecule has 114 heavy (non-hydrogen) atoms. The van der Waals surface area contributed by atoms with Gasteiger partial charge in [-0.05, 0) is 143 Å². The summed E-state index contributed by atoms with van der Waals surface area (Å²) >= 11 is 0. The minimum absolute atomic E-state index is 0.0967. The summed E-state index contributed by atoms with van der Waals surface area (Å²) in [4.78, 5) is 85.1. The van der Waals surface area contributed by atoms with Gasteiger partial charge >= 0.3 is 0 Å². The van der Waals surface area contributed by atoms with Crippen LogP contribution in [0.3, 0.4) is 0 Å². The molecular formula is C76H85FN24O12S.